The molecule has 2 atom stereocenters. The third-order valence-corrected chi connectivity index (χ3v) is 2.48. The van der Waals surface area contributed by atoms with E-state index in [1.54, 1.807) is 24.3 Å². The zero-order valence-electron chi connectivity index (χ0n) is 9.89. The average Bonchev–Trinajstić information content (AvgIpc) is 2.30. The maximum Gasteiger partial charge on any atom is 0.119 e. The Bertz CT molecular complexity index is 295. The van der Waals surface area contributed by atoms with Gasteiger partial charge in [0.2, 0.25) is 0 Å². The van der Waals surface area contributed by atoms with Crippen LogP contribution in [0.2, 0.25) is 0 Å². The molecule has 2 unspecified atom stereocenters. The molecule has 0 amide bonds. The fourth-order valence-electron chi connectivity index (χ4n) is 1.60. The Labute approximate surface area is 96.7 Å². The first-order chi connectivity index (χ1) is 7.69. The Morgan fingerprint density at radius 3 is 2.25 bits per heavy atom. The van der Waals surface area contributed by atoms with Crippen LogP contribution in [0.25, 0.3) is 0 Å². The van der Waals surface area contributed by atoms with Crippen molar-refractivity contribution in [2.24, 2.45) is 0 Å². The van der Waals surface area contributed by atoms with Crippen molar-refractivity contribution in [2.45, 2.75) is 38.9 Å². The molecule has 3 nitrogen and oxygen atoms in total. The van der Waals surface area contributed by atoms with Gasteiger partial charge in [0.25, 0.3) is 0 Å². The van der Waals surface area contributed by atoms with Gasteiger partial charge in [-0.2, -0.15) is 0 Å². The average molecular weight is 224 g/mol. The maximum absolute atomic E-state index is 9.85. The lowest BCUT2D eigenvalue weighted by atomic mass is 10.0. The Hall–Kier alpha value is -1.06. The van der Waals surface area contributed by atoms with Gasteiger partial charge < -0.3 is 14.9 Å². The van der Waals surface area contributed by atoms with E-state index in [4.69, 9.17) is 4.74 Å². The predicted molar refractivity (Wildman–Crippen MR) is 63.5 cm³/mol. The molecule has 0 heterocycles. The van der Waals surface area contributed by atoms with Crippen molar-refractivity contribution in [1.29, 1.82) is 0 Å². The second kappa shape index (κ2) is 6.51. The van der Waals surface area contributed by atoms with Crippen LogP contribution < -0.4 is 4.74 Å². The molecule has 16 heavy (non-hydrogen) atoms. The van der Waals surface area contributed by atoms with E-state index in [2.05, 4.69) is 0 Å². The molecule has 3 heteroatoms. The second-order valence-corrected chi connectivity index (χ2v) is 3.80. The molecular formula is C13H20O3. The summed E-state index contributed by atoms with van der Waals surface area (Å²) >= 11 is 0. The van der Waals surface area contributed by atoms with Crippen LogP contribution in [0.4, 0.5) is 0 Å². The lowest BCUT2D eigenvalue weighted by Gasteiger charge is -2.17. The standard InChI is InChI=1S/C13H20O3/c1-3-5-12(14)13(15)10-6-8-11(9-7-10)16-4-2/h6-9,12-15H,3-5H2,1-2H3. The van der Waals surface area contributed by atoms with Gasteiger partial charge in [-0.1, -0.05) is 25.5 Å². The summed E-state index contributed by atoms with van der Waals surface area (Å²) in [5.74, 6) is 0.781. The van der Waals surface area contributed by atoms with Gasteiger partial charge in [-0.05, 0) is 31.0 Å². The summed E-state index contributed by atoms with van der Waals surface area (Å²) in [5, 5.41) is 19.5. The van der Waals surface area contributed by atoms with Crippen molar-refractivity contribution in [3.8, 4) is 5.75 Å². The molecule has 0 saturated heterocycles. The van der Waals surface area contributed by atoms with Crippen molar-refractivity contribution in [1.82, 2.24) is 0 Å². The Kier molecular flexibility index (Phi) is 5.29. The molecule has 0 spiro atoms. The highest BCUT2D eigenvalue weighted by molar-refractivity contribution is 5.28. The van der Waals surface area contributed by atoms with Gasteiger partial charge in [0, 0.05) is 0 Å². The van der Waals surface area contributed by atoms with Crippen molar-refractivity contribution >= 4 is 0 Å². The number of aliphatic hydroxyl groups is 2. The first-order valence-corrected chi connectivity index (χ1v) is 5.78. The smallest absolute Gasteiger partial charge is 0.119 e. The van der Waals surface area contributed by atoms with E-state index in [0.29, 0.717) is 13.0 Å². The van der Waals surface area contributed by atoms with Crippen LogP contribution in [0.15, 0.2) is 24.3 Å². The molecule has 0 aliphatic heterocycles. The van der Waals surface area contributed by atoms with Crippen LogP contribution in [-0.4, -0.2) is 22.9 Å². The van der Waals surface area contributed by atoms with Gasteiger partial charge in [0.1, 0.15) is 11.9 Å². The summed E-state index contributed by atoms with van der Waals surface area (Å²) in [6, 6.07) is 7.19. The molecule has 0 fully saturated rings. The monoisotopic (exact) mass is 224 g/mol. The first-order valence-electron chi connectivity index (χ1n) is 5.78. The molecule has 1 rings (SSSR count). The van der Waals surface area contributed by atoms with Crippen molar-refractivity contribution in [2.75, 3.05) is 6.61 Å². The summed E-state index contributed by atoms with van der Waals surface area (Å²) < 4.78 is 5.30. The second-order valence-electron chi connectivity index (χ2n) is 3.80. The highest BCUT2D eigenvalue weighted by Gasteiger charge is 2.17. The van der Waals surface area contributed by atoms with Gasteiger partial charge in [-0.25, -0.2) is 0 Å². The van der Waals surface area contributed by atoms with Gasteiger partial charge in [-0.15, -0.1) is 0 Å². The number of hydrogen-bond acceptors (Lipinski definition) is 3. The molecule has 2 N–H and O–H groups in total. The fourth-order valence-corrected chi connectivity index (χ4v) is 1.60. The van der Waals surface area contributed by atoms with Gasteiger partial charge in [0.15, 0.2) is 0 Å². The topological polar surface area (TPSA) is 49.7 Å². The van der Waals surface area contributed by atoms with E-state index in [0.717, 1.165) is 17.7 Å². The molecule has 0 aliphatic rings. The molecular weight excluding hydrogens is 204 g/mol. The molecule has 0 aromatic heterocycles. The minimum atomic E-state index is -0.810. The van der Waals surface area contributed by atoms with Crippen LogP contribution >= 0.6 is 0 Å². The van der Waals surface area contributed by atoms with Gasteiger partial charge in [-0.3, -0.25) is 0 Å². The number of hydrogen-bond donors (Lipinski definition) is 2. The van der Waals surface area contributed by atoms with Crippen LogP contribution in [0, 0.1) is 0 Å². The van der Waals surface area contributed by atoms with Gasteiger partial charge in [0.05, 0.1) is 12.7 Å². The third-order valence-electron chi connectivity index (χ3n) is 2.48. The molecule has 0 bridgehead atoms. The highest BCUT2D eigenvalue weighted by Crippen LogP contribution is 2.22. The van der Waals surface area contributed by atoms with Crippen molar-refractivity contribution < 1.29 is 14.9 Å². The minimum Gasteiger partial charge on any atom is -0.494 e. The maximum atomic E-state index is 9.85. The number of benzene rings is 1. The zero-order valence-corrected chi connectivity index (χ0v) is 9.89. The quantitative estimate of drug-likeness (QED) is 0.779. The van der Waals surface area contributed by atoms with Crippen LogP contribution in [0.1, 0.15) is 38.4 Å². The summed E-state index contributed by atoms with van der Waals surface area (Å²) in [4.78, 5) is 0. The first kappa shape index (κ1) is 13.0. The molecule has 0 aliphatic carbocycles. The summed E-state index contributed by atoms with van der Waals surface area (Å²) in [6.07, 6.45) is -0.0394. The van der Waals surface area contributed by atoms with Gasteiger partial charge >= 0.3 is 0 Å². The Morgan fingerprint density at radius 2 is 1.75 bits per heavy atom. The lowest BCUT2D eigenvalue weighted by Crippen LogP contribution is -2.17. The molecule has 1 aromatic carbocycles. The van der Waals surface area contributed by atoms with Crippen LogP contribution in [0.5, 0.6) is 5.75 Å². The molecule has 0 radical (unpaired) electrons. The van der Waals surface area contributed by atoms with E-state index in [9.17, 15) is 10.2 Å². The Morgan fingerprint density at radius 1 is 1.12 bits per heavy atom. The van der Waals surface area contributed by atoms with Crippen molar-refractivity contribution in [3.63, 3.8) is 0 Å². The number of rotatable bonds is 6. The summed E-state index contributed by atoms with van der Waals surface area (Å²) in [5.41, 5.74) is 0.726. The third kappa shape index (κ3) is 3.51. The Balaban J connectivity index is 2.65. The fraction of sp³-hybridized carbons (Fsp3) is 0.538. The SMILES string of the molecule is CCCC(O)C(O)c1ccc(OCC)cc1. The summed E-state index contributed by atoms with van der Waals surface area (Å²) in [6.45, 7) is 4.53. The lowest BCUT2D eigenvalue weighted by molar-refractivity contribution is 0.0131. The minimum absolute atomic E-state index is 0.606. The summed E-state index contributed by atoms with van der Waals surface area (Å²) in [7, 11) is 0. The van der Waals surface area contributed by atoms with E-state index in [-0.39, 0.29) is 0 Å². The van der Waals surface area contributed by atoms with E-state index in [1.165, 1.54) is 0 Å². The van der Waals surface area contributed by atoms with Crippen LogP contribution in [0.3, 0.4) is 0 Å². The number of ether oxygens (including phenoxy) is 1. The van der Waals surface area contributed by atoms with E-state index >= 15 is 0 Å². The van der Waals surface area contributed by atoms with Crippen LogP contribution in [-0.2, 0) is 0 Å². The highest BCUT2D eigenvalue weighted by atomic mass is 16.5. The zero-order chi connectivity index (χ0) is 12.0. The molecule has 0 saturated carbocycles. The largest absolute Gasteiger partial charge is 0.494 e. The normalized spacial score (nSPS) is 14.5. The van der Waals surface area contributed by atoms with E-state index in [1.807, 2.05) is 13.8 Å². The predicted octanol–water partition coefficient (Wildman–Crippen LogP) is 2.28. The van der Waals surface area contributed by atoms with E-state index < -0.39 is 12.2 Å². The van der Waals surface area contributed by atoms with Crippen molar-refractivity contribution in [3.05, 3.63) is 29.8 Å². The molecule has 90 valence electrons. The number of aliphatic hydroxyl groups excluding tert-OH is 2. The molecule has 1 aromatic rings.